The highest BCUT2D eigenvalue weighted by Crippen LogP contribution is 2.20. The van der Waals surface area contributed by atoms with Crippen LogP contribution in [0.1, 0.15) is 36.3 Å². The number of nitrogens with one attached hydrogen (secondary N) is 1. The maximum Gasteiger partial charge on any atom is 0.125 e. The summed E-state index contributed by atoms with van der Waals surface area (Å²) in [5.74, 6) is 0.837. The fourth-order valence-electron chi connectivity index (χ4n) is 2.39. The Labute approximate surface area is 119 Å². The number of benzene rings is 1. The second-order valence-electron chi connectivity index (χ2n) is 5.18. The molecule has 0 spiro atoms. The lowest BCUT2D eigenvalue weighted by Crippen LogP contribution is -2.26. The monoisotopic (exact) mass is 275 g/mol. The van der Waals surface area contributed by atoms with E-state index in [1.807, 2.05) is 37.0 Å². The number of hydrogen-bond acceptors (Lipinski definition) is 2. The molecule has 1 atom stereocenters. The van der Waals surface area contributed by atoms with Crippen molar-refractivity contribution in [2.24, 2.45) is 7.05 Å². The van der Waals surface area contributed by atoms with Gasteiger partial charge in [-0.2, -0.15) is 0 Å². The number of aromatic nitrogens is 2. The summed E-state index contributed by atoms with van der Waals surface area (Å²) in [6.45, 7) is 5.04. The molecule has 0 aliphatic carbocycles. The summed E-state index contributed by atoms with van der Waals surface area (Å²) in [5, 5.41) is 3.53. The Morgan fingerprint density at radius 2 is 2.20 bits per heavy atom. The van der Waals surface area contributed by atoms with E-state index in [1.165, 1.54) is 6.07 Å². The third-order valence-electron chi connectivity index (χ3n) is 3.54. The molecule has 0 radical (unpaired) electrons. The first-order valence-corrected chi connectivity index (χ1v) is 7.07. The van der Waals surface area contributed by atoms with Gasteiger partial charge in [-0.15, -0.1) is 0 Å². The van der Waals surface area contributed by atoms with Crippen molar-refractivity contribution < 1.29 is 4.39 Å². The molecule has 0 bridgehead atoms. The topological polar surface area (TPSA) is 29.9 Å². The average Bonchev–Trinajstić information content (AvgIpc) is 2.83. The van der Waals surface area contributed by atoms with E-state index >= 15 is 0 Å². The van der Waals surface area contributed by atoms with Crippen molar-refractivity contribution in [3.8, 4) is 0 Å². The normalized spacial score (nSPS) is 12.6. The molecule has 1 aromatic carbocycles. The second kappa shape index (κ2) is 6.66. The van der Waals surface area contributed by atoms with Crippen LogP contribution < -0.4 is 5.32 Å². The Bertz CT molecular complexity index is 563. The summed E-state index contributed by atoms with van der Waals surface area (Å²) in [6.07, 6.45) is 5.65. The summed E-state index contributed by atoms with van der Waals surface area (Å²) in [6, 6.07) is 5.13. The van der Waals surface area contributed by atoms with Gasteiger partial charge in [0.15, 0.2) is 0 Å². The van der Waals surface area contributed by atoms with Crippen LogP contribution >= 0.6 is 0 Å². The summed E-state index contributed by atoms with van der Waals surface area (Å²) in [4.78, 5) is 4.44. The number of nitrogens with zero attached hydrogens (tertiary/aromatic N) is 2. The van der Waals surface area contributed by atoms with E-state index in [4.69, 9.17) is 0 Å². The third kappa shape index (κ3) is 3.45. The largest absolute Gasteiger partial charge is 0.337 e. The van der Waals surface area contributed by atoms with Gasteiger partial charge in [0, 0.05) is 19.4 Å². The molecule has 0 saturated carbocycles. The molecular formula is C16H22FN3. The molecule has 0 amide bonds. The molecule has 0 aliphatic rings. The molecule has 0 aliphatic heterocycles. The molecule has 0 saturated heterocycles. The Morgan fingerprint density at radius 3 is 2.80 bits per heavy atom. The Morgan fingerprint density at radius 1 is 1.40 bits per heavy atom. The predicted octanol–water partition coefficient (Wildman–Crippen LogP) is 3.15. The average molecular weight is 275 g/mol. The van der Waals surface area contributed by atoms with Crippen molar-refractivity contribution in [3.63, 3.8) is 0 Å². The molecule has 2 aromatic rings. The van der Waals surface area contributed by atoms with Gasteiger partial charge in [0.05, 0.1) is 6.04 Å². The van der Waals surface area contributed by atoms with Gasteiger partial charge in [-0.05, 0) is 49.6 Å². The highest BCUT2D eigenvalue weighted by atomic mass is 19.1. The zero-order valence-corrected chi connectivity index (χ0v) is 12.4. The molecular weight excluding hydrogens is 253 g/mol. The smallest absolute Gasteiger partial charge is 0.125 e. The van der Waals surface area contributed by atoms with Gasteiger partial charge >= 0.3 is 0 Å². The van der Waals surface area contributed by atoms with E-state index in [0.717, 1.165) is 36.3 Å². The molecule has 3 nitrogen and oxygen atoms in total. The van der Waals surface area contributed by atoms with Crippen molar-refractivity contribution in [3.05, 3.63) is 53.4 Å². The number of halogens is 1. The number of rotatable bonds is 6. The van der Waals surface area contributed by atoms with Crippen LogP contribution in [0.2, 0.25) is 0 Å². The highest BCUT2D eigenvalue weighted by Gasteiger charge is 2.16. The maximum atomic E-state index is 13.2. The fourth-order valence-corrected chi connectivity index (χ4v) is 2.39. The van der Waals surface area contributed by atoms with Crippen molar-refractivity contribution in [2.45, 2.75) is 32.7 Å². The van der Waals surface area contributed by atoms with Gasteiger partial charge in [-0.3, -0.25) is 0 Å². The summed E-state index contributed by atoms with van der Waals surface area (Å²) >= 11 is 0. The Balaban J connectivity index is 2.21. The minimum Gasteiger partial charge on any atom is -0.337 e. The molecule has 0 fully saturated rings. The van der Waals surface area contributed by atoms with Crippen molar-refractivity contribution in [1.29, 1.82) is 0 Å². The van der Waals surface area contributed by atoms with Crippen LogP contribution in [-0.2, 0) is 13.5 Å². The lowest BCUT2D eigenvalue weighted by molar-refractivity contribution is 0.490. The minimum absolute atomic E-state index is 0.152. The number of hydrogen-bond donors (Lipinski definition) is 1. The van der Waals surface area contributed by atoms with Crippen LogP contribution in [0.5, 0.6) is 0 Å². The molecule has 1 N–H and O–H groups in total. The lowest BCUT2D eigenvalue weighted by Gasteiger charge is -2.19. The van der Waals surface area contributed by atoms with Gasteiger partial charge < -0.3 is 9.88 Å². The molecule has 108 valence electrons. The SMILES string of the molecule is CCCNC(Cc1ccc(F)cc1C)c1nccn1C. The quantitative estimate of drug-likeness (QED) is 0.877. The first kappa shape index (κ1) is 14.7. The minimum atomic E-state index is -0.179. The summed E-state index contributed by atoms with van der Waals surface area (Å²) < 4.78 is 15.2. The van der Waals surface area contributed by atoms with E-state index in [2.05, 4.69) is 17.2 Å². The number of imidazole rings is 1. The zero-order valence-electron chi connectivity index (χ0n) is 12.4. The van der Waals surface area contributed by atoms with Gasteiger partial charge in [0.25, 0.3) is 0 Å². The Kier molecular flexibility index (Phi) is 4.90. The van der Waals surface area contributed by atoms with E-state index in [9.17, 15) is 4.39 Å². The van der Waals surface area contributed by atoms with Crippen LogP contribution in [0.25, 0.3) is 0 Å². The van der Waals surface area contributed by atoms with Gasteiger partial charge in [-0.1, -0.05) is 13.0 Å². The van der Waals surface area contributed by atoms with Crippen LogP contribution in [0.15, 0.2) is 30.6 Å². The van der Waals surface area contributed by atoms with Crippen LogP contribution in [0.3, 0.4) is 0 Å². The highest BCUT2D eigenvalue weighted by molar-refractivity contribution is 5.28. The molecule has 20 heavy (non-hydrogen) atoms. The molecule has 1 heterocycles. The molecule has 1 aromatic heterocycles. The van der Waals surface area contributed by atoms with E-state index in [-0.39, 0.29) is 11.9 Å². The summed E-state index contributed by atoms with van der Waals surface area (Å²) in [5.41, 5.74) is 2.14. The lowest BCUT2D eigenvalue weighted by atomic mass is 10.0. The van der Waals surface area contributed by atoms with Crippen molar-refractivity contribution in [1.82, 2.24) is 14.9 Å². The fraction of sp³-hybridized carbons (Fsp3) is 0.438. The van der Waals surface area contributed by atoms with Crippen LogP contribution in [-0.4, -0.2) is 16.1 Å². The maximum absolute atomic E-state index is 13.2. The van der Waals surface area contributed by atoms with Crippen molar-refractivity contribution in [2.75, 3.05) is 6.54 Å². The molecule has 1 unspecified atom stereocenters. The molecule has 2 rings (SSSR count). The zero-order chi connectivity index (χ0) is 14.5. The van der Waals surface area contributed by atoms with Gasteiger partial charge in [0.1, 0.15) is 11.6 Å². The standard InChI is InChI=1S/C16H22FN3/c1-4-7-18-15(16-19-8-9-20(16)3)11-13-5-6-14(17)10-12(13)2/h5-6,8-10,15,18H,4,7,11H2,1-3H3. The predicted molar refractivity (Wildman–Crippen MR) is 79.1 cm³/mol. The van der Waals surface area contributed by atoms with Crippen LogP contribution in [0, 0.1) is 12.7 Å². The first-order valence-electron chi connectivity index (χ1n) is 7.07. The number of aryl methyl sites for hydroxylation is 2. The van der Waals surface area contributed by atoms with Gasteiger partial charge in [0.2, 0.25) is 0 Å². The van der Waals surface area contributed by atoms with Gasteiger partial charge in [-0.25, -0.2) is 9.37 Å². The van der Waals surface area contributed by atoms with E-state index in [0.29, 0.717) is 0 Å². The second-order valence-corrected chi connectivity index (χ2v) is 5.18. The van der Waals surface area contributed by atoms with E-state index < -0.39 is 0 Å². The van der Waals surface area contributed by atoms with Crippen molar-refractivity contribution >= 4 is 0 Å². The van der Waals surface area contributed by atoms with E-state index in [1.54, 1.807) is 6.07 Å². The first-order chi connectivity index (χ1) is 9.61. The Hall–Kier alpha value is -1.68. The molecule has 4 heteroatoms. The summed E-state index contributed by atoms with van der Waals surface area (Å²) in [7, 11) is 2.00. The van der Waals surface area contributed by atoms with Crippen LogP contribution in [0.4, 0.5) is 4.39 Å². The third-order valence-corrected chi connectivity index (χ3v) is 3.54.